The van der Waals surface area contributed by atoms with E-state index in [4.69, 9.17) is 18.9 Å². The van der Waals surface area contributed by atoms with Gasteiger partial charge in [-0.2, -0.15) is 0 Å². The van der Waals surface area contributed by atoms with Crippen LogP contribution >= 0.6 is 0 Å². The molecule has 1 saturated heterocycles. The summed E-state index contributed by atoms with van der Waals surface area (Å²) in [7, 11) is 4.54. The predicted molar refractivity (Wildman–Crippen MR) is 170 cm³/mol. The molecule has 0 spiro atoms. The highest BCUT2D eigenvalue weighted by Gasteiger charge is 2.76. The molecule has 244 valence electrons. The number of aliphatic hydroxyl groups excluding tert-OH is 1. The van der Waals surface area contributed by atoms with Crippen LogP contribution in [0, 0.1) is 11.8 Å². The van der Waals surface area contributed by atoms with Crippen LogP contribution in [0.1, 0.15) is 55.7 Å². The number of amides is 2. The van der Waals surface area contributed by atoms with Gasteiger partial charge in [-0.3, -0.25) is 9.59 Å². The first kappa shape index (κ1) is 31.7. The van der Waals surface area contributed by atoms with Crippen molar-refractivity contribution in [2.45, 2.75) is 62.5 Å². The third kappa shape index (κ3) is 4.69. The summed E-state index contributed by atoms with van der Waals surface area (Å²) in [5, 5.41) is 28.8. The van der Waals surface area contributed by atoms with E-state index >= 15 is 4.79 Å². The molecule has 1 aliphatic carbocycles. The van der Waals surface area contributed by atoms with Crippen LogP contribution in [-0.2, 0) is 20.8 Å². The zero-order valence-corrected chi connectivity index (χ0v) is 26.9. The Kier molecular flexibility index (Phi) is 8.37. The molecule has 10 heteroatoms. The molecule has 3 N–H and O–H groups in total. The van der Waals surface area contributed by atoms with Crippen LogP contribution in [0.25, 0.3) is 0 Å². The van der Waals surface area contributed by atoms with Crippen LogP contribution in [0.2, 0.25) is 0 Å². The number of carbonyl (C=O) groups excluding carboxylic acids is 2. The summed E-state index contributed by atoms with van der Waals surface area (Å²) >= 11 is 0. The number of benzene rings is 3. The quantitative estimate of drug-likeness (QED) is 0.323. The first-order chi connectivity index (χ1) is 22.1. The van der Waals surface area contributed by atoms with Gasteiger partial charge >= 0.3 is 0 Å². The van der Waals surface area contributed by atoms with Gasteiger partial charge in [0, 0.05) is 30.5 Å². The van der Waals surface area contributed by atoms with Crippen LogP contribution in [0.15, 0.2) is 66.7 Å². The van der Waals surface area contributed by atoms with Crippen molar-refractivity contribution in [3.8, 4) is 23.0 Å². The minimum Gasteiger partial charge on any atom is -0.497 e. The Hall–Kier alpha value is -4.28. The Balaban J connectivity index is 1.60. The third-order valence-electron chi connectivity index (χ3n) is 10.1. The second-order valence-electron chi connectivity index (χ2n) is 12.4. The van der Waals surface area contributed by atoms with Crippen molar-refractivity contribution in [2.75, 3.05) is 27.9 Å². The molecule has 2 bridgehead atoms. The Bertz CT molecular complexity index is 1600. The molecular weight excluding hydrogens is 588 g/mol. The molecule has 1 saturated carbocycles. The monoisotopic (exact) mass is 630 g/mol. The normalized spacial score (nSPS) is 28.5. The van der Waals surface area contributed by atoms with Gasteiger partial charge in [0.15, 0.2) is 5.60 Å². The molecule has 7 atom stereocenters. The summed E-state index contributed by atoms with van der Waals surface area (Å²) in [6, 6.07) is 19.7. The van der Waals surface area contributed by atoms with E-state index in [0.29, 0.717) is 48.4 Å². The Morgan fingerprint density at radius 3 is 2.35 bits per heavy atom. The molecule has 2 amide bonds. The fraction of sp³-hybridized carbons (Fsp3) is 0.444. The number of aliphatic hydroxyl groups is 2. The summed E-state index contributed by atoms with van der Waals surface area (Å²) in [4.78, 5) is 29.8. The van der Waals surface area contributed by atoms with E-state index in [1.165, 1.54) is 14.2 Å². The van der Waals surface area contributed by atoms with E-state index in [2.05, 4.69) is 5.32 Å². The van der Waals surface area contributed by atoms with Crippen molar-refractivity contribution in [3.63, 3.8) is 0 Å². The van der Waals surface area contributed by atoms with Gasteiger partial charge in [-0.1, -0.05) is 56.3 Å². The third-order valence-corrected chi connectivity index (χ3v) is 10.1. The SMILES string of the molecule is CC[C@H](C)C(=O)N[C@@H]1CCCN1C(=O)[C@@H]1[C@@H](c2ccccc2)[C@@]2(c3ccc(OC)cc3)Oc3cc(OC)cc(OC)c3[C@]1(O)C2O. The maximum absolute atomic E-state index is 15.1. The van der Waals surface area contributed by atoms with Crippen LogP contribution < -0.4 is 24.3 Å². The summed E-state index contributed by atoms with van der Waals surface area (Å²) < 4.78 is 23.7. The highest BCUT2D eigenvalue weighted by Crippen LogP contribution is 2.68. The lowest BCUT2D eigenvalue weighted by Crippen LogP contribution is -2.56. The van der Waals surface area contributed by atoms with Crippen molar-refractivity contribution in [2.24, 2.45) is 11.8 Å². The van der Waals surface area contributed by atoms with Gasteiger partial charge < -0.3 is 39.4 Å². The minimum atomic E-state index is -2.17. The highest BCUT2D eigenvalue weighted by atomic mass is 16.5. The number of hydrogen-bond acceptors (Lipinski definition) is 8. The molecule has 3 aromatic rings. The van der Waals surface area contributed by atoms with E-state index < -0.39 is 41.2 Å². The standard InChI is InChI=1S/C36H42N2O8/c1-6-21(2)32(39)37-28-13-10-18-38(28)33(40)31-29(22-11-8-7-9-12-22)36(23-14-16-24(43-3)17-15-23)34(41)35(31,42)30-26(45-5)19-25(44-4)20-27(30)46-36/h7-9,11-12,14-17,19-21,28-29,31,34,41-42H,6,10,13,18H2,1-5H3,(H,37,39)/t21-,28-,29+,31-,34?,35+,36+/m0/s1. The Morgan fingerprint density at radius 2 is 1.72 bits per heavy atom. The number of ether oxygens (including phenoxy) is 4. The summed E-state index contributed by atoms with van der Waals surface area (Å²) in [6.07, 6.45) is -0.244. The first-order valence-corrected chi connectivity index (χ1v) is 15.8. The fourth-order valence-electron chi connectivity index (χ4n) is 7.61. The lowest BCUT2D eigenvalue weighted by atomic mass is 9.75. The van der Waals surface area contributed by atoms with Gasteiger partial charge in [-0.25, -0.2) is 0 Å². The number of methoxy groups -OCH3 is 3. The first-order valence-electron chi connectivity index (χ1n) is 15.8. The van der Waals surface area contributed by atoms with Crippen molar-refractivity contribution >= 4 is 11.8 Å². The van der Waals surface area contributed by atoms with Crippen LogP contribution in [0.3, 0.4) is 0 Å². The summed E-state index contributed by atoms with van der Waals surface area (Å²) in [5.41, 5.74) is -2.37. The predicted octanol–water partition coefficient (Wildman–Crippen LogP) is 4.07. The number of rotatable bonds is 9. The topological polar surface area (TPSA) is 127 Å². The maximum atomic E-state index is 15.1. The molecule has 0 aromatic heterocycles. The highest BCUT2D eigenvalue weighted by molar-refractivity contribution is 5.86. The largest absolute Gasteiger partial charge is 0.497 e. The van der Waals surface area contributed by atoms with Crippen LogP contribution in [-0.4, -0.2) is 67.1 Å². The molecule has 0 radical (unpaired) electrons. The van der Waals surface area contributed by atoms with Gasteiger partial charge in [-0.15, -0.1) is 0 Å². The lowest BCUT2D eigenvalue weighted by molar-refractivity contribution is -0.167. The molecular formula is C36H42N2O8. The number of nitrogens with zero attached hydrogens (tertiary/aromatic N) is 1. The lowest BCUT2D eigenvalue weighted by Gasteiger charge is -2.45. The van der Waals surface area contributed by atoms with Gasteiger partial charge in [0.05, 0.1) is 32.8 Å². The smallest absolute Gasteiger partial charge is 0.231 e. The van der Waals surface area contributed by atoms with Gasteiger partial charge in [0.2, 0.25) is 11.8 Å². The molecule has 3 aromatic carbocycles. The van der Waals surface area contributed by atoms with Crippen molar-refractivity contribution < 1.29 is 38.7 Å². The molecule has 6 rings (SSSR count). The summed E-state index contributed by atoms with van der Waals surface area (Å²) in [5.74, 6) is -1.38. The minimum absolute atomic E-state index is 0.132. The molecule has 2 aliphatic heterocycles. The van der Waals surface area contributed by atoms with E-state index in [-0.39, 0.29) is 28.9 Å². The average molecular weight is 631 g/mol. The van der Waals surface area contributed by atoms with Crippen molar-refractivity contribution in [1.82, 2.24) is 10.2 Å². The zero-order valence-electron chi connectivity index (χ0n) is 26.9. The van der Waals surface area contributed by atoms with E-state index in [9.17, 15) is 15.0 Å². The summed E-state index contributed by atoms with van der Waals surface area (Å²) in [6.45, 7) is 4.19. The molecule has 2 heterocycles. The molecule has 2 fully saturated rings. The second-order valence-corrected chi connectivity index (χ2v) is 12.4. The number of nitrogens with one attached hydrogen (secondary N) is 1. The van der Waals surface area contributed by atoms with E-state index in [1.54, 1.807) is 48.4 Å². The van der Waals surface area contributed by atoms with Crippen LogP contribution in [0.4, 0.5) is 0 Å². The Labute approximate surface area is 269 Å². The molecule has 46 heavy (non-hydrogen) atoms. The van der Waals surface area contributed by atoms with E-state index in [0.717, 1.165) is 0 Å². The van der Waals surface area contributed by atoms with Gasteiger partial charge in [0.25, 0.3) is 0 Å². The molecule has 1 unspecified atom stereocenters. The number of carbonyl (C=O) groups is 2. The molecule has 3 aliphatic rings. The fourth-order valence-corrected chi connectivity index (χ4v) is 7.61. The van der Waals surface area contributed by atoms with Gasteiger partial charge in [-0.05, 0) is 42.5 Å². The second kappa shape index (κ2) is 12.1. The van der Waals surface area contributed by atoms with Gasteiger partial charge in [0.1, 0.15) is 40.9 Å². The number of likely N-dealkylation sites (tertiary alicyclic amines) is 1. The maximum Gasteiger partial charge on any atom is 0.231 e. The van der Waals surface area contributed by atoms with Crippen molar-refractivity contribution in [1.29, 1.82) is 0 Å². The Morgan fingerprint density at radius 1 is 1.02 bits per heavy atom. The average Bonchev–Trinajstić information content (AvgIpc) is 3.59. The number of hydrogen-bond donors (Lipinski definition) is 3. The molecule has 10 nitrogen and oxygen atoms in total. The van der Waals surface area contributed by atoms with E-state index in [1.807, 2.05) is 44.2 Å². The van der Waals surface area contributed by atoms with Crippen LogP contribution in [0.5, 0.6) is 23.0 Å². The number of fused-ring (bicyclic) bond motifs is 4. The van der Waals surface area contributed by atoms with Crippen molar-refractivity contribution in [3.05, 3.63) is 83.4 Å². The zero-order chi connectivity index (χ0) is 32.8.